The predicted octanol–water partition coefficient (Wildman–Crippen LogP) is 2.46. The van der Waals surface area contributed by atoms with Crippen molar-refractivity contribution in [2.45, 2.75) is 30.7 Å². The fraction of sp³-hybridized carbons (Fsp3) is 0.227. The Morgan fingerprint density at radius 2 is 1.77 bits per heavy atom. The minimum absolute atomic E-state index is 0.121. The van der Waals surface area contributed by atoms with Crippen LogP contribution in [-0.2, 0) is 34.2 Å². The first-order valence-electron chi connectivity index (χ1n) is 9.83. The Morgan fingerprint density at radius 3 is 2.57 bits per heavy atom. The van der Waals surface area contributed by atoms with Crippen LogP contribution in [0.4, 0.5) is 5.69 Å². The number of amides is 1. The number of hydrogen-bond donors (Lipinski definition) is 1. The van der Waals surface area contributed by atoms with E-state index in [9.17, 15) is 13.2 Å². The average molecular weight is 420 g/mol. The first-order chi connectivity index (χ1) is 14.5. The summed E-state index contributed by atoms with van der Waals surface area (Å²) in [6.07, 6.45) is 6.74. The zero-order chi connectivity index (χ0) is 20.7. The quantitative estimate of drug-likeness (QED) is 0.685. The SMILES string of the molecule is O=C1CCc2cc(S(=O)(=O)NCc3cccnc3-c3ccncc3)cc3c2N1CC3. The second-order valence-corrected chi connectivity index (χ2v) is 9.22. The summed E-state index contributed by atoms with van der Waals surface area (Å²) in [5, 5.41) is 0. The van der Waals surface area contributed by atoms with Gasteiger partial charge < -0.3 is 4.90 Å². The number of hydrogen-bond acceptors (Lipinski definition) is 5. The van der Waals surface area contributed by atoms with E-state index in [2.05, 4.69) is 14.7 Å². The Hall–Kier alpha value is -3.10. The molecule has 0 bridgehead atoms. The molecule has 0 unspecified atom stereocenters. The smallest absolute Gasteiger partial charge is 0.240 e. The highest BCUT2D eigenvalue weighted by Gasteiger charge is 2.32. The molecule has 1 aromatic carbocycles. The fourth-order valence-electron chi connectivity index (χ4n) is 4.19. The Kier molecular flexibility index (Phi) is 4.60. The maximum absolute atomic E-state index is 13.1. The van der Waals surface area contributed by atoms with Gasteiger partial charge in [0.15, 0.2) is 0 Å². The topological polar surface area (TPSA) is 92.3 Å². The number of nitrogens with one attached hydrogen (secondary N) is 1. The second kappa shape index (κ2) is 7.30. The molecule has 4 heterocycles. The van der Waals surface area contributed by atoms with Gasteiger partial charge in [-0.25, -0.2) is 13.1 Å². The summed E-state index contributed by atoms with van der Waals surface area (Å²) in [5.41, 5.74) is 5.17. The van der Waals surface area contributed by atoms with Gasteiger partial charge in [0.1, 0.15) is 0 Å². The number of aromatic nitrogens is 2. The molecule has 0 saturated heterocycles. The third kappa shape index (κ3) is 3.28. The molecule has 30 heavy (non-hydrogen) atoms. The van der Waals surface area contributed by atoms with Gasteiger partial charge in [-0.1, -0.05) is 6.07 Å². The van der Waals surface area contributed by atoms with E-state index in [1.807, 2.05) is 18.2 Å². The third-order valence-electron chi connectivity index (χ3n) is 5.63. The zero-order valence-corrected chi connectivity index (χ0v) is 17.0. The van der Waals surface area contributed by atoms with Crippen molar-refractivity contribution >= 4 is 21.6 Å². The van der Waals surface area contributed by atoms with Crippen molar-refractivity contribution in [3.8, 4) is 11.3 Å². The van der Waals surface area contributed by atoms with Gasteiger partial charge in [-0.2, -0.15) is 0 Å². The van der Waals surface area contributed by atoms with Crippen molar-refractivity contribution in [1.29, 1.82) is 0 Å². The van der Waals surface area contributed by atoms with Crippen LogP contribution < -0.4 is 9.62 Å². The van der Waals surface area contributed by atoms with Crippen molar-refractivity contribution in [2.75, 3.05) is 11.4 Å². The van der Waals surface area contributed by atoms with Crippen LogP contribution in [0.1, 0.15) is 23.1 Å². The summed E-state index contributed by atoms with van der Waals surface area (Å²) in [7, 11) is -3.71. The molecule has 0 spiro atoms. The van der Waals surface area contributed by atoms with E-state index in [0.717, 1.165) is 33.6 Å². The number of carbonyl (C=O) groups excluding carboxylic acids is 1. The van der Waals surface area contributed by atoms with Crippen LogP contribution >= 0.6 is 0 Å². The number of carbonyl (C=O) groups is 1. The molecule has 7 nitrogen and oxygen atoms in total. The molecular weight excluding hydrogens is 400 g/mol. The average Bonchev–Trinajstić information content (AvgIpc) is 3.21. The lowest BCUT2D eigenvalue weighted by Crippen LogP contribution is -2.33. The predicted molar refractivity (Wildman–Crippen MR) is 112 cm³/mol. The molecule has 2 aromatic heterocycles. The van der Waals surface area contributed by atoms with Crippen molar-refractivity contribution in [1.82, 2.24) is 14.7 Å². The molecule has 0 atom stereocenters. The summed E-state index contributed by atoms with van der Waals surface area (Å²) in [5.74, 6) is 0.121. The molecule has 2 aliphatic rings. The summed E-state index contributed by atoms with van der Waals surface area (Å²) in [6.45, 7) is 0.758. The largest absolute Gasteiger partial charge is 0.312 e. The minimum atomic E-state index is -3.71. The molecule has 0 radical (unpaired) electrons. The van der Waals surface area contributed by atoms with Crippen molar-refractivity contribution < 1.29 is 13.2 Å². The first kappa shape index (κ1) is 18.9. The normalized spacial score (nSPS) is 15.3. The highest BCUT2D eigenvalue weighted by Crippen LogP contribution is 2.38. The third-order valence-corrected chi connectivity index (χ3v) is 7.01. The van der Waals surface area contributed by atoms with Gasteiger partial charge in [0.05, 0.1) is 16.3 Å². The number of rotatable bonds is 5. The maximum atomic E-state index is 13.1. The van der Waals surface area contributed by atoms with Crippen LogP contribution in [-0.4, -0.2) is 30.8 Å². The molecule has 8 heteroatoms. The lowest BCUT2D eigenvalue weighted by atomic mass is 10.00. The zero-order valence-electron chi connectivity index (χ0n) is 16.2. The molecule has 0 fully saturated rings. The summed E-state index contributed by atoms with van der Waals surface area (Å²) in [6, 6.07) is 10.8. The van der Waals surface area contributed by atoms with Gasteiger partial charge in [0.2, 0.25) is 15.9 Å². The van der Waals surface area contributed by atoms with Gasteiger partial charge in [-0.15, -0.1) is 0 Å². The number of benzene rings is 1. The summed E-state index contributed by atoms with van der Waals surface area (Å²) < 4.78 is 28.8. The molecule has 1 N–H and O–H groups in total. The second-order valence-electron chi connectivity index (χ2n) is 7.46. The van der Waals surface area contributed by atoms with Crippen LogP contribution in [0.2, 0.25) is 0 Å². The van der Waals surface area contributed by atoms with Crippen LogP contribution in [0.3, 0.4) is 0 Å². The first-order valence-corrected chi connectivity index (χ1v) is 11.3. The maximum Gasteiger partial charge on any atom is 0.240 e. The van der Waals surface area contributed by atoms with E-state index >= 15 is 0 Å². The molecule has 0 aliphatic carbocycles. The number of sulfonamides is 1. The molecule has 2 aliphatic heterocycles. The van der Waals surface area contributed by atoms with Crippen molar-refractivity contribution in [2.24, 2.45) is 0 Å². The van der Waals surface area contributed by atoms with Gasteiger partial charge in [0.25, 0.3) is 0 Å². The van der Waals surface area contributed by atoms with Crippen LogP contribution in [0, 0.1) is 0 Å². The molecule has 5 rings (SSSR count). The summed E-state index contributed by atoms with van der Waals surface area (Å²) in [4.78, 5) is 22.6. The van der Waals surface area contributed by atoms with Crippen LogP contribution in [0.25, 0.3) is 11.3 Å². The van der Waals surface area contributed by atoms with Gasteiger partial charge in [-0.05, 0) is 59.9 Å². The molecule has 1 amide bonds. The highest BCUT2D eigenvalue weighted by molar-refractivity contribution is 7.89. The van der Waals surface area contributed by atoms with Gasteiger partial charge in [-0.3, -0.25) is 14.8 Å². The van der Waals surface area contributed by atoms with E-state index in [4.69, 9.17) is 0 Å². The lowest BCUT2D eigenvalue weighted by Gasteiger charge is -2.25. The Labute approximate surface area is 174 Å². The van der Waals surface area contributed by atoms with Crippen molar-refractivity contribution in [3.05, 3.63) is 71.7 Å². The van der Waals surface area contributed by atoms with E-state index < -0.39 is 10.0 Å². The van der Waals surface area contributed by atoms with Crippen LogP contribution in [0.5, 0.6) is 0 Å². The molecular formula is C22H20N4O3S. The van der Waals surface area contributed by atoms with E-state index in [1.165, 1.54) is 0 Å². The summed E-state index contributed by atoms with van der Waals surface area (Å²) >= 11 is 0. The van der Waals surface area contributed by atoms with Gasteiger partial charge in [0, 0.05) is 43.7 Å². The number of anilines is 1. The van der Waals surface area contributed by atoms with E-state index in [-0.39, 0.29) is 17.3 Å². The number of nitrogens with zero attached hydrogens (tertiary/aromatic N) is 3. The molecule has 3 aromatic rings. The van der Waals surface area contributed by atoms with Crippen LogP contribution in [0.15, 0.2) is 59.9 Å². The Balaban J connectivity index is 1.43. The number of pyridine rings is 2. The molecule has 0 saturated carbocycles. The van der Waals surface area contributed by atoms with Crippen molar-refractivity contribution in [3.63, 3.8) is 0 Å². The fourth-order valence-corrected chi connectivity index (χ4v) is 5.30. The standard InChI is InChI=1S/C22H20N4O3S/c27-20-4-3-16-12-19(13-17-7-11-26(20)22(16)17)30(28,29)25-14-18-2-1-8-24-21(18)15-5-9-23-10-6-15/h1-2,5-6,8-10,12-13,25H,3-4,7,11,14H2. The Morgan fingerprint density at radius 1 is 1.00 bits per heavy atom. The van der Waals surface area contributed by atoms with E-state index in [0.29, 0.717) is 25.8 Å². The monoisotopic (exact) mass is 420 g/mol. The highest BCUT2D eigenvalue weighted by atomic mass is 32.2. The molecule has 152 valence electrons. The van der Waals surface area contributed by atoms with E-state index in [1.54, 1.807) is 41.7 Å². The van der Waals surface area contributed by atoms with Gasteiger partial charge >= 0.3 is 0 Å². The lowest BCUT2D eigenvalue weighted by molar-refractivity contribution is -0.118. The number of aryl methyl sites for hydroxylation is 1. The Bertz CT molecular complexity index is 1240. The minimum Gasteiger partial charge on any atom is -0.312 e.